The van der Waals surface area contributed by atoms with Gasteiger partial charge in [0.2, 0.25) is 10.0 Å². The second-order valence-electron chi connectivity index (χ2n) is 5.81. The van der Waals surface area contributed by atoms with Gasteiger partial charge in [0.1, 0.15) is 10.7 Å². The first-order valence-electron chi connectivity index (χ1n) is 7.86. The molecule has 1 heterocycles. The molecule has 0 spiro atoms. The molecule has 0 atom stereocenters. The lowest BCUT2D eigenvalue weighted by Crippen LogP contribution is -2.28. The van der Waals surface area contributed by atoms with Gasteiger partial charge in [-0.1, -0.05) is 29.3 Å². The standard InChI is InChI=1S/C17H15Cl2FN2O3S/c18-12-7-6-11(10-15(12)26(24,25)22-8-1-2-9-22)21-17(23)16-13(19)4-3-5-14(16)20/h3-7,10H,1-2,8-9H2,(H,21,23). The van der Waals surface area contributed by atoms with Gasteiger partial charge < -0.3 is 5.32 Å². The minimum Gasteiger partial charge on any atom is -0.322 e. The van der Waals surface area contributed by atoms with E-state index in [1.807, 2.05) is 0 Å². The highest BCUT2D eigenvalue weighted by atomic mass is 35.5. The Hall–Kier alpha value is -1.67. The first kappa shape index (κ1) is 19.1. The molecule has 1 N–H and O–H groups in total. The number of anilines is 1. The summed E-state index contributed by atoms with van der Waals surface area (Å²) >= 11 is 11.9. The average Bonchev–Trinajstić information content (AvgIpc) is 3.11. The summed E-state index contributed by atoms with van der Waals surface area (Å²) in [7, 11) is -3.76. The number of hydrogen-bond acceptors (Lipinski definition) is 3. The number of sulfonamides is 1. The van der Waals surface area contributed by atoms with Crippen LogP contribution in [0.25, 0.3) is 0 Å². The summed E-state index contributed by atoms with van der Waals surface area (Å²) in [6.07, 6.45) is 1.58. The van der Waals surface area contributed by atoms with E-state index in [0.29, 0.717) is 13.1 Å². The Bertz CT molecular complexity index is 940. The lowest BCUT2D eigenvalue weighted by atomic mass is 10.2. The second kappa shape index (κ2) is 7.52. The van der Waals surface area contributed by atoms with E-state index >= 15 is 0 Å². The number of nitrogens with one attached hydrogen (secondary N) is 1. The van der Waals surface area contributed by atoms with Crippen LogP contribution < -0.4 is 5.32 Å². The predicted molar refractivity (Wildman–Crippen MR) is 98.8 cm³/mol. The van der Waals surface area contributed by atoms with Crippen molar-refractivity contribution in [3.8, 4) is 0 Å². The van der Waals surface area contributed by atoms with Gasteiger partial charge in [0, 0.05) is 18.8 Å². The van der Waals surface area contributed by atoms with Gasteiger partial charge in [0.25, 0.3) is 5.91 Å². The molecule has 5 nitrogen and oxygen atoms in total. The molecule has 138 valence electrons. The van der Waals surface area contributed by atoms with Crippen molar-refractivity contribution in [2.75, 3.05) is 18.4 Å². The molecular formula is C17H15Cl2FN2O3S. The third-order valence-electron chi connectivity index (χ3n) is 4.06. The highest BCUT2D eigenvalue weighted by Crippen LogP contribution is 2.30. The SMILES string of the molecule is O=C(Nc1ccc(Cl)c(S(=O)(=O)N2CCCC2)c1)c1c(F)cccc1Cl. The minimum absolute atomic E-state index is 0.0404. The Morgan fingerprint density at radius 1 is 1.08 bits per heavy atom. The van der Waals surface area contributed by atoms with Crippen LogP contribution in [0.2, 0.25) is 10.0 Å². The van der Waals surface area contributed by atoms with Crippen LogP contribution >= 0.6 is 23.2 Å². The van der Waals surface area contributed by atoms with Gasteiger partial charge in [-0.25, -0.2) is 12.8 Å². The largest absolute Gasteiger partial charge is 0.322 e. The number of amides is 1. The van der Waals surface area contributed by atoms with Gasteiger partial charge >= 0.3 is 0 Å². The summed E-state index contributed by atoms with van der Waals surface area (Å²) in [6, 6.07) is 7.98. The molecule has 1 aliphatic heterocycles. The van der Waals surface area contributed by atoms with Crippen LogP contribution in [0.1, 0.15) is 23.2 Å². The maximum absolute atomic E-state index is 13.9. The van der Waals surface area contributed by atoms with E-state index in [9.17, 15) is 17.6 Å². The molecule has 0 aromatic heterocycles. The summed E-state index contributed by atoms with van der Waals surface area (Å²) in [5.41, 5.74) is -0.135. The fraction of sp³-hybridized carbons (Fsp3) is 0.235. The fourth-order valence-corrected chi connectivity index (χ4v) is 5.02. The molecule has 0 aliphatic carbocycles. The van der Waals surface area contributed by atoms with Crippen molar-refractivity contribution in [3.05, 3.63) is 57.8 Å². The predicted octanol–water partition coefficient (Wildman–Crippen LogP) is 4.17. The monoisotopic (exact) mass is 416 g/mol. The molecule has 0 unspecified atom stereocenters. The van der Waals surface area contributed by atoms with Gasteiger partial charge in [-0.2, -0.15) is 4.31 Å². The van der Waals surface area contributed by atoms with Gasteiger partial charge in [0.15, 0.2) is 0 Å². The number of hydrogen-bond donors (Lipinski definition) is 1. The van der Waals surface area contributed by atoms with Crippen LogP contribution in [-0.4, -0.2) is 31.7 Å². The first-order chi connectivity index (χ1) is 12.3. The summed E-state index contributed by atoms with van der Waals surface area (Å²) < 4.78 is 40.7. The third kappa shape index (κ3) is 3.71. The van der Waals surface area contributed by atoms with Crippen LogP contribution in [0.4, 0.5) is 10.1 Å². The van der Waals surface area contributed by atoms with Crippen LogP contribution in [-0.2, 0) is 10.0 Å². The van der Waals surface area contributed by atoms with Crippen molar-refractivity contribution in [1.82, 2.24) is 4.31 Å². The molecule has 1 amide bonds. The van der Waals surface area contributed by atoms with Gasteiger partial charge in [-0.15, -0.1) is 0 Å². The van der Waals surface area contributed by atoms with Crippen molar-refractivity contribution in [3.63, 3.8) is 0 Å². The summed E-state index contributed by atoms with van der Waals surface area (Å²) in [4.78, 5) is 12.2. The van der Waals surface area contributed by atoms with Gasteiger partial charge in [-0.3, -0.25) is 4.79 Å². The zero-order valence-corrected chi connectivity index (χ0v) is 15.8. The molecule has 1 saturated heterocycles. The van der Waals surface area contributed by atoms with Crippen LogP contribution in [0, 0.1) is 5.82 Å². The van der Waals surface area contributed by atoms with E-state index in [-0.39, 0.29) is 26.2 Å². The van der Waals surface area contributed by atoms with Crippen LogP contribution in [0.15, 0.2) is 41.3 Å². The lowest BCUT2D eigenvalue weighted by molar-refractivity contribution is 0.102. The van der Waals surface area contributed by atoms with E-state index in [4.69, 9.17) is 23.2 Å². The number of rotatable bonds is 4. The average molecular weight is 417 g/mol. The van der Waals surface area contributed by atoms with Crippen molar-refractivity contribution in [1.29, 1.82) is 0 Å². The lowest BCUT2D eigenvalue weighted by Gasteiger charge is -2.17. The van der Waals surface area contributed by atoms with Crippen molar-refractivity contribution in [2.24, 2.45) is 0 Å². The topological polar surface area (TPSA) is 66.5 Å². The summed E-state index contributed by atoms with van der Waals surface area (Å²) in [6.45, 7) is 0.861. The number of benzene rings is 2. The first-order valence-corrected chi connectivity index (χ1v) is 10.1. The molecule has 26 heavy (non-hydrogen) atoms. The normalized spacial score (nSPS) is 15.2. The zero-order chi connectivity index (χ0) is 18.9. The van der Waals surface area contributed by atoms with Crippen LogP contribution in [0.3, 0.4) is 0 Å². The van der Waals surface area contributed by atoms with Crippen molar-refractivity contribution < 1.29 is 17.6 Å². The molecule has 2 aromatic rings. The molecule has 3 rings (SSSR count). The number of carbonyl (C=O) groups is 1. The molecule has 2 aromatic carbocycles. The molecule has 9 heteroatoms. The molecule has 0 saturated carbocycles. The number of halogens is 3. The second-order valence-corrected chi connectivity index (χ2v) is 8.53. The Kier molecular flexibility index (Phi) is 5.53. The molecule has 0 bridgehead atoms. The molecule has 0 radical (unpaired) electrons. The molecule has 1 aliphatic rings. The molecular weight excluding hydrogens is 402 g/mol. The van der Waals surface area contributed by atoms with Crippen molar-refractivity contribution >= 4 is 44.8 Å². The van der Waals surface area contributed by atoms with Crippen LogP contribution in [0.5, 0.6) is 0 Å². The Morgan fingerprint density at radius 3 is 2.42 bits per heavy atom. The fourth-order valence-electron chi connectivity index (χ4n) is 2.75. The maximum Gasteiger partial charge on any atom is 0.260 e. The van der Waals surface area contributed by atoms with E-state index < -0.39 is 21.7 Å². The minimum atomic E-state index is -3.76. The van der Waals surface area contributed by atoms with Gasteiger partial charge in [0.05, 0.1) is 15.6 Å². The highest BCUT2D eigenvalue weighted by Gasteiger charge is 2.29. The molecule has 1 fully saturated rings. The van der Waals surface area contributed by atoms with E-state index in [2.05, 4.69) is 5.32 Å². The highest BCUT2D eigenvalue weighted by molar-refractivity contribution is 7.89. The maximum atomic E-state index is 13.9. The third-order valence-corrected chi connectivity index (χ3v) is 6.76. The Balaban J connectivity index is 1.92. The van der Waals surface area contributed by atoms with E-state index in [0.717, 1.165) is 18.9 Å². The smallest absolute Gasteiger partial charge is 0.260 e. The number of nitrogens with zero attached hydrogens (tertiary/aromatic N) is 1. The number of carbonyl (C=O) groups excluding carboxylic acids is 1. The van der Waals surface area contributed by atoms with Crippen molar-refractivity contribution in [2.45, 2.75) is 17.7 Å². The zero-order valence-electron chi connectivity index (χ0n) is 13.5. The summed E-state index contributed by atoms with van der Waals surface area (Å²) in [5.74, 6) is -1.55. The quantitative estimate of drug-likeness (QED) is 0.812. The Morgan fingerprint density at radius 2 is 1.77 bits per heavy atom. The van der Waals surface area contributed by atoms with E-state index in [1.165, 1.54) is 34.6 Å². The van der Waals surface area contributed by atoms with E-state index in [1.54, 1.807) is 0 Å². The van der Waals surface area contributed by atoms with Gasteiger partial charge in [-0.05, 0) is 43.2 Å². The Labute approximate surface area is 160 Å². The summed E-state index contributed by atoms with van der Waals surface area (Å²) in [5, 5.41) is 2.48.